The number of aliphatic hydroxyl groups is 1. The Labute approximate surface area is 96.3 Å². The Morgan fingerprint density at radius 3 is 3.12 bits per heavy atom. The lowest BCUT2D eigenvalue weighted by atomic mass is 9.98. The van der Waals surface area contributed by atoms with E-state index in [1.165, 1.54) is 6.34 Å². The highest BCUT2D eigenvalue weighted by Gasteiger charge is 2.23. The second-order valence-electron chi connectivity index (χ2n) is 4.42. The van der Waals surface area contributed by atoms with Gasteiger partial charge in [-0.2, -0.15) is 0 Å². The largest absolute Gasteiger partial charge is 0.393 e. The van der Waals surface area contributed by atoms with E-state index in [1.54, 1.807) is 6.92 Å². The molecule has 1 aliphatic heterocycles. The Kier molecular flexibility index (Phi) is 5.25. The Hall–Kier alpha value is -1.10. The third kappa shape index (κ3) is 4.18. The molecular weight excluding hydrogens is 206 g/mol. The van der Waals surface area contributed by atoms with Crippen molar-refractivity contribution in [2.75, 3.05) is 19.6 Å². The van der Waals surface area contributed by atoms with E-state index in [9.17, 15) is 9.90 Å². The number of hydrogen-bond acceptors (Lipinski definition) is 3. The molecule has 0 aromatic heterocycles. The van der Waals surface area contributed by atoms with Crippen molar-refractivity contribution in [1.29, 1.82) is 0 Å². The second kappa shape index (κ2) is 6.48. The summed E-state index contributed by atoms with van der Waals surface area (Å²) >= 11 is 0. The summed E-state index contributed by atoms with van der Waals surface area (Å²) in [6.45, 7) is 3.87. The highest BCUT2D eigenvalue weighted by atomic mass is 16.3. The molecule has 1 heterocycles. The molecule has 1 rings (SSSR count). The summed E-state index contributed by atoms with van der Waals surface area (Å²) in [4.78, 5) is 17.6. The first-order valence-corrected chi connectivity index (χ1v) is 5.79. The average molecular weight is 227 g/mol. The first kappa shape index (κ1) is 13.0. The number of amides is 1. The van der Waals surface area contributed by atoms with Crippen LogP contribution in [0, 0.1) is 5.92 Å². The molecule has 0 saturated carbocycles. The third-order valence-electron chi connectivity index (χ3n) is 2.81. The van der Waals surface area contributed by atoms with E-state index >= 15 is 0 Å². The number of hydrogen-bond donors (Lipinski definition) is 2. The van der Waals surface area contributed by atoms with Crippen LogP contribution in [0.15, 0.2) is 4.99 Å². The zero-order valence-electron chi connectivity index (χ0n) is 9.80. The molecule has 3 N–H and O–H groups in total. The molecule has 1 amide bonds. The van der Waals surface area contributed by atoms with Gasteiger partial charge in [0, 0.05) is 19.6 Å². The van der Waals surface area contributed by atoms with Crippen LogP contribution in [0.4, 0.5) is 0 Å². The van der Waals surface area contributed by atoms with Crippen LogP contribution >= 0.6 is 0 Å². The number of aliphatic hydroxyl groups excluding tert-OH is 1. The number of likely N-dealkylation sites (tertiary alicyclic amines) is 1. The third-order valence-corrected chi connectivity index (χ3v) is 2.81. The molecule has 2 unspecified atom stereocenters. The quantitative estimate of drug-likeness (QED) is 0.523. The summed E-state index contributed by atoms with van der Waals surface area (Å²) in [6, 6.07) is 0. The van der Waals surface area contributed by atoms with Gasteiger partial charge in [0.2, 0.25) is 5.91 Å². The van der Waals surface area contributed by atoms with Gasteiger partial charge in [-0.15, -0.1) is 0 Å². The molecule has 0 aliphatic carbocycles. The molecule has 5 heteroatoms. The summed E-state index contributed by atoms with van der Waals surface area (Å²) in [5, 5.41) is 9.17. The van der Waals surface area contributed by atoms with E-state index in [2.05, 4.69) is 4.99 Å². The number of nitrogens with two attached hydrogens (primary N) is 1. The van der Waals surface area contributed by atoms with Crippen molar-refractivity contribution in [2.45, 2.75) is 32.3 Å². The summed E-state index contributed by atoms with van der Waals surface area (Å²) < 4.78 is 0. The van der Waals surface area contributed by atoms with E-state index in [4.69, 9.17) is 5.73 Å². The van der Waals surface area contributed by atoms with Crippen molar-refractivity contribution >= 4 is 12.2 Å². The van der Waals surface area contributed by atoms with Crippen molar-refractivity contribution < 1.29 is 9.90 Å². The van der Waals surface area contributed by atoms with Gasteiger partial charge in [-0.1, -0.05) is 0 Å². The number of carbonyl (C=O) groups excluding carboxylic acids is 1. The molecule has 5 nitrogen and oxygen atoms in total. The second-order valence-corrected chi connectivity index (χ2v) is 4.42. The van der Waals surface area contributed by atoms with Gasteiger partial charge in [0.1, 0.15) is 0 Å². The van der Waals surface area contributed by atoms with Gasteiger partial charge >= 0.3 is 0 Å². The number of aliphatic imine (C=N–C) groups is 1. The standard InChI is InChI=1S/C11H21N3O2/c1-9(15)5-11(16)14-4-2-3-10(7-14)6-13-8-12/h8-10,15H,2-7H2,1H3,(H2,12,13). The number of rotatable bonds is 4. The SMILES string of the molecule is CC(O)CC(=O)N1CCCC(CN=CN)C1. The minimum absolute atomic E-state index is 0.0384. The predicted molar refractivity (Wildman–Crippen MR) is 63.1 cm³/mol. The highest BCUT2D eigenvalue weighted by molar-refractivity contribution is 5.76. The predicted octanol–water partition coefficient (Wildman–Crippen LogP) is -0.0171. The fourth-order valence-electron chi connectivity index (χ4n) is 2.03. The van der Waals surface area contributed by atoms with E-state index < -0.39 is 6.10 Å². The molecular formula is C11H21N3O2. The zero-order chi connectivity index (χ0) is 12.0. The minimum Gasteiger partial charge on any atom is -0.393 e. The highest BCUT2D eigenvalue weighted by Crippen LogP contribution is 2.17. The van der Waals surface area contributed by atoms with Crippen molar-refractivity contribution in [2.24, 2.45) is 16.6 Å². The maximum absolute atomic E-state index is 11.7. The van der Waals surface area contributed by atoms with Crippen molar-refractivity contribution in [3.05, 3.63) is 0 Å². The minimum atomic E-state index is -0.560. The van der Waals surface area contributed by atoms with E-state index in [1.807, 2.05) is 4.90 Å². The Morgan fingerprint density at radius 1 is 1.75 bits per heavy atom. The smallest absolute Gasteiger partial charge is 0.225 e. The molecule has 0 bridgehead atoms. The molecule has 1 fully saturated rings. The van der Waals surface area contributed by atoms with Gasteiger partial charge in [-0.25, -0.2) is 0 Å². The molecule has 0 aromatic rings. The zero-order valence-corrected chi connectivity index (χ0v) is 9.80. The van der Waals surface area contributed by atoms with Gasteiger partial charge < -0.3 is 15.7 Å². The van der Waals surface area contributed by atoms with Crippen molar-refractivity contribution in [3.63, 3.8) is 0 Å². The Balaban J connectivity index is 2.40. The van der Waals surface area contributed by atoms with Crippen LogP contribution < -0.4 is 5.73 Å². The lowest BCUT2D eigenvalue weighted by Gasteiger charge is -2.32. The van der Waals surface area contributed by atoms with Crippen LogP contribution in [0.2, 0.25) is 0 Å². The molecule has 1 saturated heterocycles. The summed E-state index contributed by atoms with van der Waals surface area (Å²) in [5.74, 6) is 0.447. The normalized spacial score (nSPS) is 23.6. The van der Waals surface area contributed by atoms with Gasteiger partial charge in [0.05, 0.1) is 18.9 Å². The van der Waals surface area contributed by atoms with E-state index in [-0.39, 0.29) is 12.3 Å². The van der Waals surface area contributed by atoms with Crippen LogP contribution in [0.5, 0.6) is 0 Å². The number of carbonyl (C=O) groups is 1. The lowest BCUT2D eigenvalue weighted by Crippen LogP contribution is -2.41. The maximum Gasteiger partial charge on any atom is 0.225 e. The number of piperidine rings is 1. The molecule has 0 radical (unpaired) electrons. The van der Waals surface area contributed by atoms with Gasteiger partial charge in [0.15, 0.2) is 0 Å². The van der Waals surface area contributed by atoms with Gasteiger partial charge in [0.25, 0.3) is 0 Å². The van der Waals surface area contributed by atoms with Crippen LogP contribution in [0.25, 0.3) is 0 Å². The fourth-order valence-corrected chi connectivity index (χ4v) is 2.03. The van der Waals surface area contributed by atoms with Crippen molar-refractivity contribution in [1.82, 2.24) is 4.90 Å². The molecule has 16 heavy (non-hydrogen) atoms. The van der Waals surface area contributed by atoms with Gasteiger partial charge in [-0.3, -0.25) is 9.79 Å². The lowest BCUT2D eigenvalue weighted by molar-refractivity contribution is -0.134. The first-order valence-electron chi connectivity index (χ1n) is 5.79. The molecule has 2 atom stereocenters. The Morgan fingerprint density at radius 2 is 2.50 bits per heavy atom. The van der Waals surface area contributed by atoms with Crippen LogP contribution in [0.1, 0.15) is 26.2 Å². The monoisotopic (exact) mass is 227 g/mol. The summed E-state index contributed by atoms with van der Waals surface area (Å²) in [5.41, 5.74) is 5.20. The average Bonchev–Trinajstić information content (AvgIpc) is 2.26. The van der Waals surface area contributed by atoms with E-state index in [0.717, 1.165) is 25.9 Å². The fraction of sp³-hybridized carbons (Fsp3) is 0.818. The molecule has 92 valence electrons. The van der Waals surface area contributed by atoms with Crippen molar-refractivity contribution in [3.8, 4) is 0 Å². The molecule has 0 aromatic carbocycles. The molecule has 1 aliphatic rings. The summed E-state index contributed by atoms with van der Waals surface area (Å²) in [6.07, 6.45) is 3.07. The number of nitrogens with zero attached hydrogens (tertiary/aromatic N) is 2. The van der Waals surface area contributed by atoms with Crippen LogP contribution in [0.3, 0.4) is 0 Å². The van der Waals surface area contributed by atoms with E-state index in [0.29, 0.717) is 12.5 Å². The van der Waals surface area contributed by atoms with Gasteiger partial charge in [-0.05, 0) is 25.7 Å². The maximum atomic E-state index is 11.7. The van der Waals surface area contributed by atoms with Crippen LogP contribution in [-0.4, -0.2) is 48.0 Å². The molecule has 0 spiro atoms. The van der Waals surface area contributed by atoms with Crippen LogP contribution in [-0.2, 0) is 4.79 Å². The summed E-state index contributed by atoms with van der Waals surface area (Å²) in [7, 11) is 0. The topological polar surface area (TPSA) is 78.9 Å². The Bertz CT molecular complexity index is 254. The first-order chi connectivity index (χ1) is 7.63.